The van der Waals surface area contributed by atoms with Crippen LogP contribution in [-0.2, 0) is 16.1 Å². The van der Waals surface area contributed by atoms with Crippen molar-refractivity contribution in [2.24, 2.45) is 10.9 Å². The summed E-state index contributed by atoms with van der Waals surface area (Å²) in [6.45, 7) is 10.4. The second-order valence-corrected chi connectivity index (χ2v) is 6.36. The predicted octanol–water partition coefficient (Wildman–Crippen LogP) is 2.54. The molecule has 0 saturated carbocycles. The fourth-order valence-electron chi connectivity index (χ4n) is 3.09. The minimum Gasteiger partial charge on any atom is -0.496 e. The van der Waals surface area contributed by atoms with Gasteiger partial charge in [0.05, 0.1) is 33.5 Å². The van der Waals surface area contributed by atoms with E-state index in [0.29, 0.717) is 25.7 Å². The molecule has 0 bridgehead atoms. The molecule has 1 saturated heterocycles. The van der Waals surface area contributed by atoms with E-state index < -0.39 is 0 Å². The molecule has 6 nitrogen and oxygen atoms in total. The molecular formula is C20H33N3O3. The van der Waals surface area contributed by atoms with Gasteiger partial charge in [0.15, 0.2) is 5.96 Å². The molecule has 1 fully saturated rings. The summed E-state index contributed by atoms with van der Waals surface area (Å²) < 4.78 is 16.7. The lowest BCUT2D eigenvalue weighted by molar-refractivity contribution is 0.114. The zero-order chi connectivity index (χ0) is 18.6. The van der Waals surface area contributed by atoms with Gasteiger partial charge in [0.2, 0.25) is 0 Å². The lowest BCUT2D eigenvalue weighted by Gasteiger charge is -2.21. The van der Waals surface area contributed by atoms with E-state index in [1.165, 1.54) is 0 Å². The summed E-state index contributed by atoms with van der Waals surface area (Å²) in [5.74, 6) is 2.44. The van der Waals surface area contributed by atoms with Gasteiger partial charge in [-0.05, 0) is 26.3 Å². The zero-order valence-corrected chi connectivity index (χ0v) is 16.4. The van der Waals surface area contributed by atoms with Crippen LogP contribution in [0.5, 0.6) is 5.75 Å². The van der Waals surface area contributed by atoms with Gasteiger partial charge in [-0.1, -0.05) is 18.2 Å². The van der Waals surface area contributed by atoms with E-state index in [1.54, 1.807) is 7.11 Å². The molecule has 1 heterocycles. The van der Waals surface area contributed by atoms with Gasteiger partial charge in [0, 0.05) is 37.7 Å². The Morgan fingerprint density at radius 2 is 2.12 bits per heavy atom. The third-order valence-electron chi connectivity index (χ3n) is 4.43. The second kappa shape index (κ2) is 11.8. The Labute approximate surface area is 157 Å². The smallest absolute Gasteiger partial charge is 0.194 e. The molecule has 1 atom stereocenters. The third-order valence-corrected chi connectivity index (χ3v) is 4.43. The number of ether oxygens (including phenoxy) is 3. The average Bonchev–Trinajstić information content (AvgIpc) is 3.14. The number of benzene rings is 1. The van der Waals surface area contributed by atoms with Crippen LogP contribution in [0.2, 0.25) is 0 Å². The van der Waals surface area contributed by atoms with E-state index in [9.17, 15) is 0 Å². The number of nitrogens with zero attached hydrogens (tertiary/aromatic N) is 2. The van der Waals surface area contributed by atoms with Gasteiger partial charge in [-0.15, -0.1) is 0 Å². The van der Waals surface area contributed by atoms with Gasteiger partial charge >= 0.3 is 0 Å². The van der Waals surface area contributed by atoms with Crippen molar-refractivity contribution in [2.75, 3.05) is 53.1 Å². The Morgan fingerprint density at radius 1 is 1.27 bits per heavy atom. The zero-order valence-electron chi connectivity index (χ0n) is 16.4. The van der Waals surface area contributed by atoms with Crippen LogP contribution >= 0.6 is 0 Å². The van der Waals surface area contributed by atoms with Crippen LogP contribution < -0.4 is 10.1 Å². The first-order chi connectivity index (χ1) is 12.8. The van der Waals surface area contributed by atoms with Gasteiger partial charge in [-0.2, -0.15) is 0 Å². The molecule has 1 aliphatic rings. The van der Waals surface area contributed by atoms with E-state index in [0.717, 1.165) is 56.5 Å². The third kappa shape index (κ3) is 6.50. The van der Waals surface area contributed by atoms with Crippen molar-refractivity contribution in [1.82, 2.24) is 10.2 Å². The minimum absolute atomic E-state index is 0.538. The molecule has 2 rings (SSSR count). The number of methoxy groups -OCH3 is 1. The number of nitrogens with one attached hydrogen (secondary N) is 1. The lowest BCUT2D eigenvalue weighted by Crippen LogP contribution is -2.40. The van der Waals surface area contributed by atoms with E-state index in [4.69, 9.17) is 19.2 Å². The molecule has 26 heavy (non-hydrogen) atoms. The minimum atomic E-state index is 0.538. The Morgan fingerprint density at radius 3 is 2.88 bits per heavy atom. The molecular weight excluding hydrogens is 330 g/mol. The highest BCUT2D eigenvalue weighted by molar-refractivity contribution is 5.80. The van der Waals surface area contributed by atoms with Crippen LogP contribution in [-0.4, -0.2) is 64.0 Å². The molecule has 1 aliphatic heterocycles. The summed E-state index contributed by atoms with van der Waals surface area (Å²) in [5.41, 5.74) is 1.06. The SMILES string of the molecule is CCNC(=NCCOCc1ccccc1OC)N1CCC(COCC)C1. The van der Waals surface area contributed by atoms with Crippen molar-refractivity contribution in [1.29, 1.82) is 0 Å². The molecule has 6 heteroatoms. The number of para-hydroxylation sites is 1. The molecule has 1 unspecified atom stereocenters. The Bertz CT molecular complexity index is 551. The Hall–Kier alpha value is -1.79. The maximum Gasteiger partial charge on any atom is 0.194 e. The molecule has 1 aromatic rings. The largest absolute Gasteiger partial charge is 0.496 e. The first-order valence-electron chi connectivity index (χ1n) is 9.59. The molecule has 0 aromatic heterocycles. The van der Waals surface area contributed by atoms with Crippen molar-refractivity contribution in [3.05, 3.63) is 29.8 Å². The molecule has 0 spiro atoms. The Balaban J connectivity index is 1.76. The van der Waals surface area contributed by atoms with E-state index in [2.05, 4.69) is 17.1 Å². The first-order valence-corrected chi connectivity index (χ1v) is 9.59. The number of guanidine groups is 1. The molecule has 1 N–H and O–H groups in total. The van der Waals surface area contributed by atoms with Gasteiger partial charge < -0.3 is 24.4 Å². The number of aliphatic imine (C=N–C) groups is 1. The van der Waals surface area contributed by atoms with E-state index in [1.807, 2.05) is 31.2 Å². The normalized spacial score (nSPS) is 17.6. The molecule has 0 amide bonds. The highest BCUT2D eigenvalue weighted by atomic mass is 16.5. The van der Waals surface area contributed by atoms with Crippen molar-refractivity contribution < 1.29 is 14.2 Å². The van der Waals surface area contributed by atoms with Crippen molar-refractivity contribution in [2.45, 2.75) is 26.9 Å². The van der Waals surface area contributed by atoms with Crippen LogP contribution in [0, 0.1) is 5.92 Å². The lowest BCUT2D eigenvalue weighted by atomic mass is 10.1. The highest BCUT2D eigenvalue weighted by Gasteiger charge is 2.24. The topological polar surface area (TPSA) is 55.3 Å². The number of hydrogen-bond acceptors (Lipinski definition) is 4. The van der Waals surface area contributed by atoms with Gasteiger partial charge in [0.1, 0.15) is 5.75 Å². The van der Waals surface area contributed by atoms with Crippen LogP contribution in [0.4, 0.5) is 0 Å². The van der Waals surface area contributed by atoms with Crippen molar-refractivity contribution >= 4 is 5.96 Å². The quantitative estimate of drug-likeness (QED) is 0.393. The standard InChI is InChI=1S/C20H33N3O3/c1-4-21-20(23-12-10-17(14-23)15-25-5-2)22-11-13-26-16-18-8-6-7-9-19(18)24-3/h6-9,17H,4-5,10-16H2,1-3H3,(H,21,22). The summed E-state index contributed by atoms with van der Waals surface area (Å²) in [4.78, 5) is 7.05. The van der Waals surface area contributed by atoms with Crippen LogP contribution in [0.3, 0.4) is 0 Å². The molecule has 0 radical (unpaired) electrons. The fraction of sp³-hybridized carbons (Fsp3) is 0.650. The molecule has 1 aromatic carbocycles. The summed E-state index contributed by atoms with van der Waals surface area (Å²) in [6, 6.07) is 7.93. The average molecular weight is 364 g/mol. The van der Waals surface area contributed by atoms with Gasteiger partial charge in [-0.25, -0.2) is 0 Å². The predicted molar refractivity (Wildman–Crippen MR) is 105 cm³/mol. The summed E-state index contributed by atoms with van der Waals surface area (Å²) in [5, 5.41) is 3.39. The fourth-order valence-corrected chi connectivity index (χ4v) is 3.09. The van der Waals surface area contributed by atoms with E-state index >= 15 is 0 Å². The highest BCUT2D eigenvalue weighted by Crippen LogP contribution is 2.18. The van der Waals surface area contributed by atoms with Crippen LogP contribution in [0.1, 0.15) is 25.8 Å². The second-order valence-electron chi connectivity index (χ2n) is 6.36. The maximum absolute atomic E-state index is 5.77. The van der Waals surface area contributed by atoms with Crippen LogP contribution in [0.25, 0.3) is 0 Å². The van der Waals surface area contributed by atoms with Crippen molar-refractivity contribution in [3.63, 3.8) is 0 Å². The maximum atomic E-state index is 5.77. The first kappa shape index (κ1) is 20.5. The van der Waals surface area contributed by atoms with Crippen LogP contribution in [0.15, 0.2) is 29.3 Å². The van der Waals surface area contributed by atoms with Crippen molar-refractivity contribution in [3.8, 4) is 5.75 Å². The monoisotopic (exact) mass is 363 g/mol. The summed E-state index contributed by atoms with van der Waals surface area (Å²) >= 11 is 0. The number of hydrogen-bond donors (Lipinski definition) is 1. The number of likely N-dealkylation sites (tertiary alicyclic amines) is 1. The molecule has 0 aliphatic carbocycles. The Kier molecular flexibility index (Phi) is 9.28. The number of rotatable bonds is 10. The van der Waals surface area contributed by atoms with E-state index in [-0.39, 0.29) is 0 Å². The van der Waals surface area contributed by atoms with Gasteiger partial charge in [-0.3, -0.25) is 4.99 Å². The molecule has 146 valence electrons. The summed E-state index contributed by atoms with van der Waals surface area (Å²) in [6.07, 6.45) is 1.16. The van der Waals surface area contributed by atoms with Gasteiger partial charge in [0.25, 0.3) is 0 Å². The summed E-state index contributed by atoms with van der Waals surface area (Å²) in [7, 11) is 1.68.